The van der Waals surface area contributed by atoms with Gasteiger partial charge in [-0.2, -0.15) is 10.1 Å². The largest absolute Gasteiger partial charge is 0.504 e. The van der Waals surface area contributed by atoms with Crippen LogP contribution in [0, 0.1) is 0 Å². The Labute approximate surface area is 176 Å². The molecular weight excluding hydrogens is 421 g/mol. The molecule has 10 heteroatoms. The predicted octanol–water partition coefficient (Wildman–Crippen LogP) is 4.95. The minimum atomic E-state index is 0.0887. The molecule has 7 nitrogen and oxygen atoms in total. The number of aromatic amines is 1. The summed E-state index contributed by atoms with van der Waals surface area (Å²) in [6.45, 7) is 2.32. The van der Waals surface area contributed by atoms with Gasteiger partial charge in [0.2, 0.25) is 11.1 Å². The van der Waals surface area contributed by atoms with Crippen molar-refractivity contribution in [3.63, 3.8) is 0 Å². The maximum Gasteiger partial charge on any atom is 0.240 e. The number of ether oxygens (including phenoxy) is 1. The summed E-state index contributed by atoms with van der Waals surface area (Å²) >= 11 is 13.4. The highest BCUT2D eigenvalue weighted by Gasteiger charge is 2.06. The monoisotopic (exact) mass is 437 g/mol. The Balaban J connectivity index is 1.55. The number of rotatable bonds is 8. The minimum Gasteiger partial charge on any atom is -0.504 e. The zero-order valence-corrected chi connectivity index (χ0v) is 17.1. The van der Waals surface area contributed by atoms with E-state index in [2.05, 4.69) is 25.7 Å². The molecule has 3 aromatic rings. The molecule has 3 N–H and O–H groups in total. The molecule has 0 unspecified atom stereocenters. The lowest BCUT2D eigenvalue weighted by Crippen LogP contribution is -1.95. The van der Waals surface area contributed by atoms with Gasteiger partial charge in [-0.05, 0) is 48.4 Å². The molecule has 28 heavy (non-hydrogen) atoms. The number of H-pyrrole nitrogens is 1. The van der Waals surface area contributed by atoms with E-state index in [4.69, 9.17) is 27.9 Å². The van der Waals surface area contributed by atoms with Crippen molar-refractivity contribution in [2.24, 2.45) is 5.10 Å². The maximum atomic E-state index is 9.71. The van der Waals surface area contributed by atoms with Crippen molar-refractivity contribution < 1.29 is 9.84 Å². The molecule has 0 bridgehead atoms. The SMILES string of the molecule is CCOc1cc(/C=N/Nc2nc(SCc3ccc(Cl)c(Cl)c3)n[nH]2)ccc1O. The van der Waals surface area contributed by atoms with Gasteiger partial charge in [-0.25, -0.2) is 10.5 Å². The number of benzene rings is 2. The average Bonchev–Trinajstić information content (AvgIpc) is 3.13. The van der Waals surface area contributed by atoms with Crippen molar-refractivity contribution in [1.29, 1.82) is 0 Å². The maximum absolute atomic E-state index is 9.71. The zero-order valence-electron chi connectivity index (χ0n) is 14.8. The number of aromatic hydroxyl groups is 1. The summed E-state index contributed by atoms with van der Waals surface area (Å²) in [5.74, 6) is 1.57. The van der Waals surface area contributed by atoms with Crippen LogP contribution in [0.25, 0.3) is 0 Å². The summed E-state index contributed by atoms with van der Waals surface area (Å²) in [7, 11) is 0. The number of phenols is 1. The molecule has 0 atom stereocenters. The first-order valence-electron chi connectivity index (χ1n) is 8.29. The molecule has 0 saturated heterocycles. The molecule has 0 aliphatic rings. The molecule has 1 heterocycles. The van der Waals surface area contributed by atoms with Crippen molar-refractivity contribution in [3.8, 4) is 11.5 Å². The number of hydrogen-bond acceptors (Lipinski definition) is 7. The molecule has 0 aliphatic heterocycles. The number of anilines is 1. The highest BCUT2D eigenvalue weighted by atomic mass is 35.5. The highest BCUT2D eigenvalue weighted by Crippen LogP contribution is 2.27. The van der Waals surface area contributed by atoms with E-state index in [1.807, 2.05) is 19.1 Å². The van der Waals surface area contributed by atoms with Crippen LogP contribution in [0.2, 0.25) is 10.0 Å². The topological polar surface area (TPSA) is 95.4 Å². The van der Waals surface area contributed by atoms with Gasteiger partial charge >= 0.3 is 0 Å². The third kappa shape index (κ3) is 5.54. The number of aromatic nitrogens is 3. The van der Waals surface area contributed by atoms with Gasteiger partial charge in [0.05, 0.1) is 22.9 Å². The Morgan fingerprint density at radius 3 is 2.89 bits per heavy atom. The summed E-state index contributed by atoms with van der Waals surface area (Å²) in [6, 6.07) is 10.5. The van der Waals surface area contributed by atoms with E-state index in [1.165, 1.54) is 11.8 Å². The molecular formula is C18H17Cl2N5O2S. The average molecular weight is 438 g/mol. The molecule has 146 valence electrons. The fourth-order valence-electron chi connectivity index (χ4n) is 2.19. The van der Waals surface area contributed by atoms with E-state index in [-0.39, 0.29) is 5.75 Å². The summed E-state index contributed by atoms with van der Waals surface area (Å²) in [5.41, 5.74) is 4.57. The van der Waals surface area contributed by atoms with Crippen molar-refractivity contribution in [1.82, 2.24) is 15.2 Å². The van der Waals surface area contributed by atoms with E-state index in [9.17, 15) is 5.11 Å². The molecule has 3 rings (SSSR count). The fraction of sp³-hybridized carbons (Fsp3) is 0.167. The molecule has 0 amide bonds. The standard InChI is InChI=1S/C18H17Cl2N5O2S/c1-2-27-16-8-11(4-6-15(16)26)9-21-23-17-22-18(25-24-17)28-10-12-3-5-13(19)14(20)7-12/h3-9,26H,2,10H2,1H3,(H2,22,23,24,25)/b21-9+. The Hall–Kier alpha value is -2.42. The highest BCUT2D eigenvalue weighted by molar-refractivity contribution is 7.98. The van der Waals surface area contributed by atoms with Crippen LogP contribution in [0.15, 0.2) is 46.7 Å². The van der Waals surface area contributed by atoms with Gasteiger partial charge in [-0.15, -0.1) is 5.10 Å². The smallest absolute Gasteiger partial charge is 0.240 e. The van der Waals surface area contributed by atoms with Crippen LogP contribution in [0.4, 0.5) is 5.95 Å². The second-order valence-electron chi connectivity index (χ2n) is 5.53. The van der Waals surface area contributed by atoms with Crippen molar-refractivity contribution in [3.05, 3.63) is 57.6 Å². The first kappa shape index (κ1) is 20.3. The number of phenolic OH excluding ortho intramolecular Hbond substituents is 1. The molecule has 0 aliphatic carbocycles. The van der Waals surface area contributed by atoms with Crippen molar-refractivity contribution >= 4 is 47.1 Å². The number of hydrazone groups is 1. The third-order valence-electron chi connectivity index (χ3n) is 3.48. The number of thioether (sulfide) groups is 1. The normalized spacial score (nSPS) is 11.1. The van der Waals surface area contributed by atoms with Crippen molar-refractivity contribution in [2.45, 2.75) is 17.8 Å². The Kier molecular flexibility index (Phi) is 7.02. The Morgan fingerprint density at radius 1 is 1.25 bits per heavy atom. The van der Waals surface area contributed by atoms with Crippen LogP contribution in [0.5, 0.6) is 11.5 Å². The molecule has 1 aromatic heterocycles. The third-order valence-corrected chi connectivity index (χ3v) is 5.14. The summed E-state index contributed by atoms with van der Waals surface area (Å²) < 4.78 is 5.34. The summed E-state index contributed by atoms with van der Waals surface area (Å²) in [6.07, 6.45) is 1.59. The number of halogens is 2. The van der Waals surface area contributed by atoms with Crippen LogP contribution in [0.1, 0.15) is 18.1 Å². The van der Waals surface area contributed by atoms with Crippen molar-refractivity contribution in [2.75, 3.05) is 12.0 Å². The van der Waals surface area contributed by atoms with Crippen LogP contribution in [-0.2, 0) is 5.75 Å². The van der Waals surface area contributed by atoms with Gasteiger partial charge in [0.15, 0.2) is 11.5 Å². The van der Waals surface area contributed by atoms with Gasteiger partial charge < -0.3 is 9.84 Å². The van der Waals surface area contributed by atoms with Crippen LogP contribution in [0.3, 0.4) is 0 Å². The molecule has 2 aromatic carbocycles. The van der Waals surface area contributed by atoms with E-state index in [0.29, 0.717) is 39.3 Å². The van der Waals surface area contributed by atoms with E-state index in [1.54, 1.807) is 30.5 Å². The quantitative estimate of drug-likeness (QED) is 0.262. The molecule has 0 saturated carbocycles. The van der Waals surface area contributed by atoms with Gasteiger partial charge in [-0.3, -0.25) is 0 Å². The second-order valence-corrected chi connectivity index (χ2v) is 7.29. The Bertz CT molecular complexity index is 980. The zero-order chi connectivity index (χ0) is 19.9. The predicted molar refractivity (Wildman–Crippen MR) is 113 cm³/mol. The number of nitrogens with zero attached hydrogens (tertiary/aromatic N) is 3. The van der Waals surface area contributed by atoms with Crippen LogP contribution in [-0.4, -0.2) is 33.1 Å². The van der Waals surface area contributed by atoms with Gasteiger partial charge in [0, 0.05) is 5.75 Å². The number of hydrogen-bond donors (Lipinski definition) is 3. The van der Waals surface area contributed by atoms with E-state index < -0.39 is 0 Å². The Morgan fingerprint density at radius 2 is 2.11 bits per heavy atom. The van der Waals surface area contributed by atoms with Gasteiger partial charge in [0.1, 0.15) is 0 Å². The fourth-order valence-corrected chi connectivity index (χ4v) is 3.25. The lowest BCUT2D eigenvalue weighted by molar-refractivity contribution is 0.318. The molecule has 0 radical (unpaired) electrons. The van der Waals surface area contributed by atoms with E-state index in [0.717, 1.165) is 11.1 Å². The minimum absolute atomic E-state index is 0.0887. The second kappa shape index (κ2) is 9.68. The number of nitrogens with one attached hydrogen (secondary N) is 2. The summed E-state index contributed by atoms with van der Waals surface area (Å²) in [4.78, 5) is 4.31. The van der Waals surface area contributed by atoms with Gasteiger partial charge in [-0.1, -0.05) is 41.0 Å². The lowest BCUT2D eigenvalue weighted by Gasteiger charge is -2.05. The van der Waals surface area contributed by atoms with Gasteiger partial charge in [0.25, 0.3) is 0 Å². The first-order valence-corrected chi connectivity index (χ1v) is 10.0. The lowest BCUT2D eigenvalue weighted by atomic mass is 10.2. The molecule has 0 fully saturated rings. The summed E-state index contributed by atoms with van der Waals surface area (Å²) in [5, 5.41) is 22.3. The van der Waals surface area contributed by atoms with Crippen LogP contribution < -0.4 is 10.2 Å². The van der Waals surface area contributed by atoms with Crippen LogP contribution >= 0.6 is 35.0 Å². The molecule has 0 spiro atoms. The van der Waals surface area contributed by atoms with E-state index >= 15 is 0 Å². The first-order chi connectivity index (χ1) is 13.5.